The van der Waals surface area contributed by atoms with Gasteiger partial charge in [-0.25, -0.2) is 4.39 Å². The number of carbonyl (C=O) groups excluding carboxylic acids is 1. The number of nitrogens with one attached hydrogen (secondary N) is 1. The van der Waals surface area contributed by atoms with Crippen LogP contribution in [0.15, 0.2) is 58.3 Å². The van der Waals surface area contributed by atoms with Crippen molar-refractivity contribution in [1.29, 1.82) is 0 Å². The summed E-state index contributed by atoms with van der Waals surface area (Å²) in [5.74, 6) is -2.08. The number of aliphatic hydroxyl groups excluding tert-OH is 1. The lowest BCUT2D eigenvalue weighted by molar-refractivity contribution is -0.115. The molecule has 0 radical (unpaired) electrons. The van der Waals surface area contributed by atoms with Crippen molar-refractivity contribution in [2.75, 3.05) is 11.9 Å². The number of halogens is 4. The average molecular weight is 438 g/mol. The monoisotopic (exact) mass is 438 g/mol. The lowest BCUT2D eigenvalue weighted by Crippen LogP contribution is -2.38. The third kappa shape index (κ3) is 4.56. The second kappa shape index (κ2) is 8.30. The molecule has 0 atom stereocenters. The molecule has 0 spiro atoms. The zero-order chi connectivity index (χ0) is 23.0. The number of hydrogen-bond acceptors (Lipinski definition) is 3. The minimum atomic E-state index is -4.82. The van der Waals surface area contributed by atoms with Crippen LogP contribution in [-0.4, -0.2) is 28.4 Å². The summed E-state index contributed by atoms with van der Waals surface area (Å²) in [7, 11) is 0. The summed E-state index contributed by atoms with van der Waals surface area (Å²) in [6.07, 6.45) is -3.02. The van der Waals surface area contributed by atoms with Crippen LogP contribution in [0.3, 0.4) is 0 Å². The van der Waals surface area contributed by atoms with Crippen LogP contribution < -0.4 is 10.9 Å². The summed E-state index contributed by atoms with van der Waals surface area (Å²) in [6, 6.07) is 6.28. The van der Waals surface area contributed by atoms with Crippen molar-refractivity contribution in [3.63, 3.8) is 0 Å². The van der Waals surface area contributed by atoms with Crippen LogP contribution in [0.1, 0.15) is 33.1 Å². The van der Waals surface area contributed by atoms with E-state index in [9.17, 15) is 32.3 Å². The highest BCUT2D eigenvalue weighted by molar-refractivity contribution is 6.02. The Balaban J connectivity index is 1.89. The van der Waals surface area contributed by atoms with Gasteiger partial charge in [0.1, 0.15) is 5.83 Å². The van der Waals surface area contributed by atoms with Crippen molar-refractivity contribution in [2.45, 2.75) is 44.8 Å². The molecule has 0 saturated heterocycles. The summed E-state index contributed by atoms with van der Waals surface area (Å²) >= 11 is 0. The van der Waals surface area contributed by atoms with Gasteiger partial charge in [-0.3, -0.25) is 9.59 Å². The number of amides is 1. The molecular formula is C22H22F4N2O3. The molecule has 1 aromatic heterocycles. The number of carbonyl (C=O) groups is 1. The van der Waals surface area contributed by atoms with Gasteiger partial charge in [0.2, 0.25) is 5.91 Å². The highest BCUT2D eigenvalue weighted by Gasteiger charge is 2.39. The number of hydrogen-bond donors (Lipinski definition) is 2. The SMILES string of the molecule is CC(C)(CO)n1ccc2c(NC(=O)CC3=C(F)C(C(F)(F)F)=CCC3)cccc2c1=O. The Kier molecular flexibility index (Phi) is 6.09. The van der Waals surface area contributed by atoms with E-state index in [4.69, 9.17) is 0 Å². The molecule has 1 aliphatic rings. The van der Waals surface area contributed by atoms with Crippen LogP contribution in [0.2, 0.25) is 0 Å². The maximum atomic E-state index is 14.3. The number of nitrogens with zero attached hydrogens (tertiary/aromatic N) is 1. The number of aliphatic hydroxyl groups is 1. The fraction of sp³-hybridized carbons (Fsp3) is 0.364. The van der Waals surface area contributed by atoms with E-state index in [-0.39, 0.29) is 36.3 Å². The van der Waals surface area contributed by atoms with E-state index in [1.165, 1.54) is 10.8 Å². The van der Waals surface area contributed by atoms with Crippen molar-refractivity contribution in [1.82, 2.24) is 4.57 Å². The van der Waals surface area contributed by atoms with Gasteiger partial charge in [0.25, 0.3) is 5.56 Å². The maximum Gasteiger partial charge on any atom is 0.418 e. The molecule has 0 aliphatic heterocycles. The Labute approximate surface area is 175 Å². The number of fused-ring (bicyclic) bond motifs is 1. The number of allylic oxidation sites excluding steroid dienone is 3. The first-order valence-electron chi connectivity index (χ1n) is 9.66. The molecule has 166 valence electrons. The third-order valence-corrected chi connectivity index (χ3v) is 5.28. The largest absolute Gasteiger partial charge is 0.418 e. The van der Waals surface area contributed by atoms with Crippen molar-refractivity contribution in [2.24, 2.45) is 0 Å². The van der Waals surface area contributed by atoms with Crippen molar-refractivity contribution in [3.05, 3.63) is 63.9 Å². The zero-order valence-electron chi connectivity index (χ0n) is 17.0. The van der Waals surface area contributed by atoms with E-state index in [0.717, 1.165) is 6.08 Å². The predicted octanol–water partition coefficient (Wildman–Crippen LogP) is 4.56. The van der Waals surface area contributed by atoms with Crippen LogP contribution in [0, 0.1) is 0 Å². The fourth-order valence-electron chi connectivity index (χ4n) is 3.51. The van der Waals surface area contributed by atoms with E-state index in [1.54, 1.807) is 38.1 Å². The molecule has 2 N–H and O–H groups in total. The average Bonchev–Trinajstić information content (AvgIpc) is 2.69. The first-order valence-corrected chi connectivity index (χ1v) is 9.66. The quantitative estimate of drug-likeness (QED) is 0.673. The summed E-state index contributed by atoms with van der Waals surface area (Å²) in [4.78, 5) is 25.3. The van der Waals surface area contributed by atoms with Gasteiger partial charge >= 0.3 is 6.18 Å². The Hall–Kier alpha value is -2.94. The van der Waals surface area contributed by atoms with Crippen LogP contribution in [0.25, 0.3) is 10.8 Å². The highest BCUT2D eigenvalue weighted by atomic mass is 19.4. The van der Waals surface area contributed by atoms with Gasteiger partial charge in [0, 0.05) is 22.7 Å². The zero-order valence-corrected chi connectivity index (χ0v) is 17.0. The van der Waals surface area contributed by atoms with Gasteiger partial charge < -0.3 is 15.0 Å². The lowest BCUT2D eigenvalue weighted by atomic mass is 9.95. The summed E-state index contributed by atoms with van der Waals surface area (Å²) < 4.78 is 54.4. The highest BCUT2D eigenvalue weighted by Crippen LogP contribution is 2.38. The number of pyridine rings is 1. The van der Waals surface area contributed by atoms with Crippen LogP contribution >= 0.6 is 0 Å². The van der Waals surface area contributed by atoms with Gasteiger partial charge in [0.15, 0.2) is 0 Å². The van der Waals surface area contributed by atoms with Crippen molar-refractivity contribution < 1.29 is 27.5 Å². The van der Waals surface area contributed by atoms with E-state index in [1.807, 2.05) is 0 Å². The first-order chi connectivity index (χ1) is 14.5. The van der Waals surface area contributed by atoms with Crippen molar-refractivity contribution >= 4 is 22.4 Å². The molecule has 0 bridgehead atoms. The number of rotatable bonds is 5. The molecule has 3 rings (SSSR count). The van der Waals surface area contributed by atoms with Gasteiger partial charge in [-0.2, -0.15) is 13.2 Å². The molecule has 0 saturated carbocycles. The second-order valence-corrected chi connectivity index (χ2v) is 8.02. The normalized spacial score (nSPS) is 15.3. The van der Waals surface area contributed by atoms with Crippen molar-refractivity contribution in [3.8, 4) is 0 Å². The predicted molar refractivity (Wildman–Crippen MR) is 109 cm³/mol. The Bertz CT molecular complexity index is 1140. The fourth-order valence-corrected chi connectivity index (χ4v) is 3.51. The molecule has 1 amide bonds. The van der Waals surface area contributed by atoms with Gasteiger partial charge in [-0.15, -0.1) is 0 Å². The standard InChI is InChI=1S/C22H22F4N2O3/c1-21(2,12-29)28-10-9-14-15(20(28)31)6-4-8-17(14)27-18(30)11-13-5-3-7-16(19(13)23)22(24,25)26/h4,6-10,29H,3,5,11-12H2,1-2H3,(H,27,30). The number of aromatic nitrogens is 1. The molecule has 9 heteroatoms. The van der Waals surface area contributed by atoms with E-state index in [0.29, 0.717) is 10.8 Å². The molecule has 0 unspecified atom stereocenters. The van der Waals surface area contributed by atoms with Crippen LogP contribution in [0.5, 0.6) is 0 Å². The van der Waals surface area contributed by atoms with Crippen LogP contribution in [0.4, 0.5) is 23.2 Å². The summed E-state index contributed by atoms with van der Waals surface area (Å²) in [5.41, 5.74) is -2.47. The van der Waals surface area contributed by atoms with Gasteiger partial charge in [-0.05, 0) is 50.5 Å². The number of alkyl halides is 3. The van der Waals surface area contributed by atoms with Gasteiger partial charge in [0.05, 0.1) is 24.1 Å². The lowest BCUT2D eigenvalue weighted by Gasteiger charge is -2.25. The summed E-state index contributed by atoms with van der Waals surface area (Å²) in [6.45, 7) is 3.13. The summed E-state index contributed by atoms with van der Waals surface area (Å²) in [5, 5.41) is 12.8. The molecule has 1 heterocycles. The van der Waals surface area contributed by atoms with Gasteiger partial charge in [-0.1, -0.05) is 12.1 Å². The molecule has 2 aromatic rings. The topological polar surface area (TPSA) is 71.3 Å². The van der Waals surface area contributed by atoms with E-state index in [2.05, 4.69) is 5.32 Å². The molecule has 1 aliphatic carbocycles. The van der Waals surface area contributed by atoms with E-state index < -0.39 is 35.4 Å². The molecule has 31 heavy (non-hydrogen) atoms. The van der Waals surface area contributed by atoms with E-state index >= 15 is 0 Å². The maximum absolute atomic E-state index is 14.3. The Morgan fingerprint density at radius 1 is 1.19 bits per heavy atom. The third-order valence-electron chi connectivity index (χ3n) is 5.28. The smallest absolute Gasteiger partial charge is 0.394 e. The first kappa shape index (κ1) is 22.7. The van der Waals surface area contributed by atoms with Crippen LogP contribution in [-0.2, 0) is 10.3 Å². The molecule has 0 fully saturated rings. The Morgan fingerprint density at radius 2 is 1.90 bits per heavy atom. The Morgan fingerprint density at radius 3 is 2.55 bits per heavy atom. The number of benzene rings is 1. The second-order valence-electron chi connectivity index (χ2n) is 8.02. The molecule has 5 nitrogen and oxygen atoms in total. The molecule has 1 aromatic carbocycles. The number of anilines is 1. The minimum absolute atomic E-state index is 0.000666. The minimum Gasteiger partial charge on any atom is -0.394 e. The molecular weight excluding hydrogens is 416 g/mol.